The molecule has 0 atom stereocenters. The standard InChI is InChI=1S/C42H38ClN/c1-27-10-7-11-28(2)40(27)33-16-20-37(21-17-33)44(38-22-18-34(19-23-38)41-29(3)12-8-13-30(41)4)39-25-35(24-36(43)26-39)42-31(5)14-9-15-32(42)6/h7-26H,1-6H3. The molecule has 2 heteroatoms. The Kier molecular flexibility index (Phi) is 8.17. The Morgan fingerprint density at radius 1 is 0.364 bits per heavy atom. The second kappa shape index (κ2) is 12.2. The highest BCUT2D eigenvalue weighted by Crippen LogP contribution is 2.41. The van der Waals surface area contributed by atoms with E-state index in [1.54, 1.807) is 0 Å². The quantitative estimate of drug-likeness (QED) is 0.186. The predicted molar refractivity (Wildman–Crippen MR) is 191 cm³/mol. The molecule has 0 aliphatic heterocycles. The fourth-order valence-corrected chi connectivity index (χ4v) is 6.89. The number of aryl methyl sites for hydroxylation is 6. The van der Waals surface area contributed by atoms with Crippen molar-refractivity contribution in [2.24, 2.45) is 0 Å². The minimum absolute atomic E-state index is 0.712. The summed E-state index contributed by atoms with van der Waals surface area (Å²) >= 11 is 6.88. The van der Waals surface area contributed by atoms with Gasteiger partial charge in [0.1, 0.15) is 0 Å². The zero-order valence-electron chi connectivity index (χ0n) is 26.4. The van der Waals surface area contributed by atoms with Crippen molar-refractivity contribution in [2.75, 3.05) is 4.90 Å². The van der Waals surface area contributed by atoms with E-state index in [4.69, 9.17) is 11.6 Å². The van der Waals surface area contributed by atoms with Crippen molar-refractivity contribution in [3.05, 3.63) is 160 Å². The molecule has 0 fully saturated rings. The maximum atomic E-state index is 6.88. The third-order valence-electron chi connectivity index (χ3n) is 8.70. The molecule has 6 aromatic carbocycles. The highest BCUT2D eigenvalue weighted by Gasteiger charge is 2.17. The van der Waals surface area contributed by atoms with Crippen LogP contribution in [0.4, 0.5) is 17.1 Å². The molecular weight excluding hydrogens is 554 g/mol. The second-order valence-corrected chi connectivity index (χ2v) is 12.4. The minimum atomic E-state index is 0.712. The van der Waals surface area contributed by atoms with Crippen LogP contribution in [0.1, 0.15) is 33.4 Å². The Bertz CT molecular complexity index is 1810. The summed E-state index contributed by atoms with van der Waals surface area (Å²) in [6.45, 7) is 13.1. The third kappa shape index (κ3) is 5.68. The third-order valence-corrected chi connectivity index (χ3v) is 8.92. The maximum Gasteiger partial charge on any atom is 0.0482 e. The van der Waals surface area contributed by atoms with E-state index in [1.807, 2.05) is 0 Å². The molecule has 0 radical (unpaired) electrons. The van der Waals surface area contributed by atoms with Gasteiger partial charge in [-0.05, 0) is 151 Å². The van der Waals surface area contributed by atoms with E-state index in [0.717, 1.165) is 22.6 Å². The van der Waals surface area contributed by atoms with Crippen molar-refractivity contribution in [3.8, 4) is 33.4 Å². The molecule has 218 valence electrons. The molecular formula is C42H38ClN. The first-order valence-electron chi connectivity index (χ1n) is 15.2. The first kappa shape index (κ1) is 29.5. The van der Waals surface area contributed by atoms with Crippen molar-refractivity contribution in [1.29, 1.82) is 0 Å². The number of nitrogens with zero attached hydrogens (tertiary/aromatic N) is 1. The van der Waals surface area contributed by atoms with Gasteiger partial charge in [0.2, 0.25) is 0 Å². The van der Waals surface area contributed by atoms with Crippen molar-refractivity contribution in [2.45, 2.75) is 41.5 Å². The van der Waals surface area contributed by atoms with Crippen LogP contribution in [-0.4, -0.2) is 0 Å². The van der Waals surface area contributed by atoms with Gasteiger partial charge in [0.05, 0.1) is 0 Å². The lowest BCUT2D eigenvalue weighted by Gasteiger charge is -2.27. The minimum Gasteiger partial charge on any atom is -0.310 e. The van der Waals surface area contributed by atoms with Crippen LogP contribution in [0.3, 0.4) is 0 Å². The zero-order chi connectivity index (χ0) is 31.0. The van der Waals surface area contributed by atoms with Crippen molar-refractivity contribution < 1.29 is 0 Å². The molecule has 44 heavy (non-hydrogen) atoms. The number of halogens is 1. The van der Waals surface area contributed by atoms with E-state index in [0.29, 0.717) is 5.02 Å². The van der Waals surface area contributed by atoms with Gasteiger partial charge in [-0.15, -0.1) is 0 Å². The summed E-state index contributed by atoms with van der Waals surface area (Å²) in [5.41, 5.74) is 18.2. The van der Waals surface area contributed by atoms with Gasteiger partial charge >= 0.3 is 0 Å². The molecule has 0 amide bonds. The topological polar surface area (TPSA) is 3.24 Å². The lowest BCUT2D eigenvalue weighted by atomic mass is 9.94. The summed E-state index contributed by atoms with van der Waals surface area (Å²) in [5, 5.41) is 0.712. The van der Waals surface area contributed by atoms with Crippen LogP contribution in [0, 0.1) is 41.5 Å². The Morgan fingerprint density at radius 2 is 0.705 bits per heavy atom. The summed E-state index contributed by atoms with van der Waals surface area (Å²) in [6.07, 6.45) is 0. The lowest BCUT2D eigenvalue weighted by Crippen LogP contribution is -2.10. The summed E-state index contributed by atoms with van der Waals surface area (Å²) in [5.74, 6) is 0. The Labute approximate surface area is 267 Å². The number of hydrogen-bond acceptors (Lipinski definition) is 1. The molecule has 1 nitrogen and oxygen atoms in total. The highest BCUT2D eigenvalue weighted by molar-refractivity contribution is 6.31. The van der Waals surface area contributed by atoms with E-state index in [-0.39, 0.29) is 0 Å². The molecule has 0 aliphatic rings. The zero-order valence-corrected chi connectivity index (χ0v) is 27.1. The normalized spacial score (nSPS) is 11.1. The van der Waals surface area contributed by atoms with Gasteiger partial charge in [0.15, 0.2) is 0 Å². The van der Waals surface area contributed by atoms with E-state index < -0.39 is 0 Å². The van der Waals surface area contributed by atoms with Crippen LogP contribution in [0.5, 0.6) is 0 Å². The van der Waals surface area contributed by atoms with Crippen LogP contribution < -0.4 is 4.90 Å². The van der Waals surface area contributed by atoms with Gasteiger partial charge in [-0.2, -0.15) is 0 Å². The first-order valence-corrected chi connectivity index (χ1v) is 15.6. The van der Waals surface area contributed by atoms with Gasteiger partial charge in [-0.3, -0.25) is 0 Å². The Hall–Kier alpha value is -4.59. The van der Waals surface area contributed by atoms with Gasteiger partial charge < -0.3 is 4.90 Å². The molecule has 0 N–H and O–H groups in total. The van der Waals surface area contributed by atoms with Crippen LogP contribution in [0.15, 0.2) is 121 Å². The molecule has 0 heterocycles. The van der Waals surface area contributed by atoms with E-state index in [2.05, 4.69) is 168 Å². The molecule has 0 saturated heterocycles. The van der Waals surface area contributed by atoms with Crippen LogP contribution in [0.2, 0.25) is 5.02 Å². The average molecular weight is 592 g/mol. The molecule has 0 bridgehead atoms. The summed E-state index contributed by atoms with van der Waals surface area (Å²) < 4.78 is 0. The molecule has 0 unspecified atom stereocenters. The van der Waals surface area contributed by atoms with Crippen LogP contribution in [-0.2, 0) is 0 Å². The number of benzene rings is 6. The van der Waals surface area contributed by atoms with Crippen molar-refractivity contribution >= 4 is 28.7 Å². The maximum absolute atomic E-state index is 6.88. The fourth-order valence-electron chi connectivity index (χ4n) is 6.66. The van der Waals surface area contributed by atoms with E-state index >= 15 is 0 Å². The van der Waals surface area contributed by atoms with Crippen molar-refractivity contribution in [3.63, 3.8) is 0 Å². The fraction of sp³-hybridized carbons (Fsp3) is 0.143. The number of rotatable bonds is 6. The lowest BCUT2D eigenvalue weighted by molar-refractivity contribution is 1.28. The predicted octanol–water partition coefficient (Wildman–Crippen LogP) is 12.7. The Morgan fingerprint density at radius 3 is 1.07 bits per heavy atom. The van der Waals surface area contributed by atoms with Crippen molar-refractivity contribution in [1.82, 2.24) is 0 Å². The second-order valence-electron chi connectivity index (χ2n) is 11.9. The summed E-state index contributed by atoms with van der Waals surface area (Å²) in [7, 11) is 0. The van der Waals surface area contributed by atoms with Gasteiger partial charge in [-0.25, -0.2) is 0 Å². The van der Waals surface area contributed by atoms with Gasteiger partial charge in [-0.1, -0.05) is 90.5 Å². The van der Waals surface area contributed by atoms with Crippen LogP contribution in [0.25, 0.3) is 33.4 Å². The van der Waals surface area contributed by atoms with Gasteiger partial charge in [0.25, 0.3) is 0 Å². The summed E-state index contributed by atoms with van der Waals surface area (Å²) in [4.78, 5) is 2.31. The monoisotopic (exact) mass is 591 g/mol. The van der Waals surface area contributed by atoms with E-state index in [9.17, 15) is 0 Å². The van der Waals surface area contributed by atoms with Gasteiger partial charge in [0, 0.05) is 22.1 Å². The number of hydrogen-bond donors (Lipinski definition) is 0. The van der Waals surface area contributed by atoms with Crippen LogP contribution >= 0.6 is 11.6 Å². The number of anilines is 3. The Balaban J connectivity index is 1.50. The average Bonchev–Trinajstić information content (AvgIpc) is 2.98. The molecule has 0 spiro atoms. The molecule has 0 aromatic heterocycles. The molecule has 6 rings (SSSR count). The molecule has 0 aliphatic carbocycles. The molecule has 0 saturated carbocycles. The SMILES string of the molecule is Cc1cccc(C)c1-c1ccc(N(c2ccc(-c3c(C)cccc3C)cc2)c2cc(Cl)cc(-c3c(C)cccc3C)c2)cc1. The van der Waals surface area contributed by atoms with E-state index in [1.165, 1.54) is 61.2 Å². The summed E-state index contributed by atoms with van der Waals surface area (Å²) in [6, 6.07) is 43.7. The highest BCUT2D eigenvalue weighted by atomic mass is 35.5. The molecule has 6 aromatic rings. The smallest absolute Gasteiger partial charge is 0.0482 e. The largest absolute Gasteiger partial charge is 0.310 e. The first-order chi connectivity index (χ1) is 21.2.